The van der Waals surface area contributed by atoms with E-state index in [9.17, 15) is 14.7 Å². The fourth-order valence-corrected chi connectivity index (χ4v) is 2.82. The molecule has 158 valence electrons. The van der Waals surface area contributed by atoms with Crippen molar-refractivity contribution in [2.45, 2.75) is 19.1 Å². The molecule has 0 radical (unpaired) electrons. The van der Waals surface area contributed by atoms with Gasteiger partial charge < -0.3 is 15.2 Å². The van der Waals surface area contributed by atoms with E-state index in [1.165, 1.54) is 14.0 Å². The smallest absolute Gasteiger partial charge is 0.331 e. The molecule has 0 aliphatic rings. The number of ether oxygens (including phenoxy) is 1. The molecule has 2 N–H and O–H groups in total. The average molecular weight is 418 g/mol. The number of hydrogen-bond donors (Lipinski definition) is 2. The Morgan fingerprint density at radius 3 is 2.32 bits per heavy atom. The molecule has 1 aromatic carbocycles. The molecule has 8 heteroatoms. The Morgan fingerprint density at radius 2 is 1.77 bits per heavy atom. The number of aromatic nitrogens is 3. The lowest BCUT2D eigenvalue weighted by molar-refractivity contribution is -0.145. The van der Waals surface area contributed by atoms with Gasteiger partial charge in [0.15, 0.2) is 6.04 Å². The molecule has 0 aliphatic heterocycles. The lowest BCUT2D eigenvalue weighted by Gasteiger charge is -2.18. The second kappa shape index (κ2) is 9.69. The molecule has 0 aliphatic carbocycles. The topological polar surface area (TPSA) is 106 Å². The summed E-state index contributed by atoms with van der Waals surface area (Å²) in [6.07, 6.45) is 2.33. The van der Waals surface area contributed by atoms with Gasteiger partial charge in [-0.2, -0.15) is 5.10 Å². The van der Waals surface area contributed by atoms with E-state index < -0.39 is 24.0 Å². The number of nitrogens with zero attached hydrogens (tertiary/aromatic N) is 3. The van der Waals surface area contributed by atoms with E-state index in [1.807, 2.05) is 25.2 Å². The Kier molecular flexibility index (Phi) is 6.80. The van der Waals surface area contributed by atoms with Crippen molar-refractivity contribution in [3.8, 4) is 23.2 Å². The number of esters is 1. The number of aliphatic hydroxyl groups is 1. The number of carbonyl (C=O) groups excluding carboxylic acids is 2. The van der Waals surface area contributed by atoms with Gasteiger partial charge in [0.25, 0.3) is 5.91 Å². The van der Waals surface area contributed by atoms with Crippen LogP contribution in [0.25, 0.3) is 11.4 Å². The van der Waals surface area contributed by atoms with Crippen molar-refractivity contribution < 1.29 is 19.4 Å². The molecular formula is C23H22N4O4. The first-order valence-electron chi connectivity index (χ1n) is 9.52. The maximum Gasteiger partial charge on any atom is 0.331 e. The van der Waals surface area contributed by atoms with E-state index in [0.717, 1.165) is 17.0 Å². The number of pyridine rings is 1. The highest BCUT2D eigenvalue weighted by molar-refractivity contribution is 5.97. The van der Waals surface area contributed by atoms with Crippen LogP contribution < -0.4 is 5.32 Å². The van der Waals surface area contributed by atoms with Crippen LogP contribution in [0.5, 0.6) is 0 Å². The Labute approximate surface area is 179 Å². The molecule has 1 amide bonds. The third-order valence-corrected chi connectivity index (χ3v) is 4.57. The van der Waals surface area contributed by atoms with E-state index in [1.54, 1.807) is 41.3 Å². The van der Waals surface area contributed by atoms with Crippen molar-refractivity contribution in [1.29, 1.82) is 0 Å². The summed E-state index contributed by atoms with van der Waals surface area (Å²) in [5.41, 5.74) is 3.53. The number of methoxy groups -OCH3 is 1. The van der Waals surface area contributed by atoms with E-state index in [0.29, 0.717) is 11.1 Å². The summed E-state index contributed by atoms with van der Waals surface area (Å²) in [6, 6.07) is 11.1. The van der Waals surface area contributed by atoms with Crippen LogP contribution in [0, 0.1) is 11.8 Å². The Hall–Kier alpha value is -3.96. The van der Waals surface area contributed by atoms with Crippen molar-refractivity contribution in [2.24, 2.45) is 7.05 Å². The lowest BCUT2D eigenvalue weighted by Crippen LogP contribution is -2.48. The fourth-order valence-electron chi connectivity index (χ4n) is 2.82. The molecule has 0 saturated carbocycles. The van der Waals surface area contributed by atoms with Crippen molar-refractivity contribution >= 4 is 11.9 Å². The standard InChI is InChI=1S/C23H22N4O4/c1-15(28)21(23(30)31-3)26-22(29)18-9-6-16(7-10-18)4-5-17-8-11-19(24-14-17)20-12-13-25-27(20)2/h6-15,21,28H,1-3H3,(H,26,29). The quantitative estimate of drug-likeness (QED) is 0.481. The predicted molar refractivity (Wildman–Crippen MR) is 114 cm³/mol. The van der Waals surface area contributed by atoms with Crippen LogP contribution in [-0.2, 0) is 16.6 Å². The normalized spacial score (nSPS) is 12.3. The van der Waals surface area contributed by atoms with Crippen LogP contribution in [0.3, 0.4) is 0 Å². The monoisotopic (exact) mass is 418 g/mol. The number of rotatable bonds is 5. The van der Waals surface area contributed by atoms with Gasteiger partial charge in [0.1, 0.15) is 0 Å². The first-order valence-corrected chi connectivity index (χ1v) is 9.52. The summed E-state index contributed by atoms with van der Waals surface area (Å²) < 4.78 is 6.35. The van der Waals surface area contributed by atoms with Gasteiger partial charge in [0, 0.05) is 36.1 Å². The number of aliphatic hydroxyl groups excluding tert-OH is 1. The van der Waals surface area contributed by atoms with Crippen LogP contribution in [0.1, 0.15) is 28.4 Å². The minimum absolute atomic E-state index is 0.335. The van der Waals surface area contributed by atoms with Gasteiger partial charge in [0.05, 0.1) is 24.6 Å². The number of benzene rings is 1. The maximum absolute atomic E-state index is 12.3. The zero-order valence-electron chi connectivity index (χ0n) is 17.4. The van der Waals surface area contributed by atoms with Gasteiger partial charge in [-0.05, 0) is 49.4 Å². The molecule has 0 saturated heterocycles. The van der Waals surface area contributed by atoms with Crippen molar-refractivity contribution in [3.63, 3.8) is 0 Å². The van der Waals surface area contributed by atoms with Gasteiger partial charge >= 0.3 is 5.97 Å². The van der Waals surface area contributed by atoms with Crippen LogP contribution in [0.2, 0.25) is 0 Å². The molecule has 31 heavy (non-hydrogen) atoms. The predicted octanol–water partition coefficient (Wildman–Crippen LogP) is 1.53. The average Bonchev–Trinajstić information content (AvgIpc) is 3.21. The summed E-state index contributed by atoms with van der Waals surface area (Å²) in [7, 11) is 3.05. The first kappa shape index (κ1) is 21.7. The Bertz CT molecular complexity index is 1120. The number of carbonyl (C=O) groups is 2. The van der Waals surface area contributed by atoms with E-state index in [2.05, 4.69) is 32.0 Å². The van der Waals surface area contributed by atoms with Gasteiger partial charge in [0.2, 0.25) is 0 Å². The van der Waals surface area contributed by atoms with E-state index in [4.69, 9.17) is 0 Å². The summed E-state index contributed by atoms with van der Waals surface area (Å²) in [5, 5.41) is 16.3. The largest absolute Gasteiger partial charge is 0.467 e. The molecule has 3 rings (SSSR count). The highest BCUT2D eigenvalue weighted by Gasteiger charge is 2.26. The third kappa shape index (κ3) is 5.35. The SMILES string of the molecule is COC(=O)C(NC(=O)c1ccc(C#Cc2ccc(-c3ccnn3C)nc2)cc1)C(C)O. The van der Waals surface area contributed by atoms with Crippen LogP contribution >= 0.6 is 0 Å². The Balaban J connectivity index is 1.67. The van der Waals surface area contributed by atoms with Crippen molar-refractivity contribution in [2.75, 3.05) is 7.11 Å². The summed E-state index contributed by atoms with van der Waals surface area (Å²) >= 11 is 0. The zero-order valence-corrected chi connectivity index (χ0v) is 17.4. The number of aryl methyl sites for hydroxylation is 1. The van der Waals surface area contributed by atoms with Gasteiger partial charge in [-0.1, -0.05) is 11.8 Å². The maximum atomic E-state index is 12.3. The van der Waals surface area contributed by atoms with Crippen LogP contribution in [0.15, 0.2) is 54.9 Å². The van der Waals surface area contributed by atoms with E-state index in [-0.39, 0.29) is 0 Å². The molecule has 0 fully saturated rings. The summed E-state index contributed by atoms with van der Waals surface area (Å²) in [6.45, 7) is 1.40. The molecule has 2 atom stereocenters. The third-order valence-electron chi connectivity index (χ3n) is 4.57. The number of hydrogen-bond acceptors (Lipinski definition) is 6. The highest BCUT2D eigenvalue weighted by Crippen LogP contribution is 2.15. The zero-order chi connectivity index (χ0) is 22.4. The van der Waals surface area contributed by atoms with Crippen LogP contribution in [0.4, 0.5) is 0 Å². The second-order valence-corrected chi connectivity index (χ2v) is 6.81. The van der Waals surface area contributed by atoms with Gasteiger partial charge in [-0.15, -0.1) is 0 Å². The molecular weight excluding hydrogens is 396 g/mol. The van der Waals surface area contributed by atoms with Crippen molar-refractivity contribution in [1.82, 2.24) is 20.1 Å². The summed E-state index contributed by atoms with van der Waals surface area (Å²) in [5.74, 6) is 4.85. The molecule has 2 unspecified atom stereocenters. The minimum atomic E-state index is -1.14. The minimum Gasteiger partial charge on any atom is -0.467 e. The van der Waals surface area contributed by atoms with E-state index >= 15 is 0 Å². The van der Waals surface area contributed by atoms with Gasteiger partial charge in [-0.25, -0.2) is 4.79 Å². The summed E-state index contributed by atoms with van der Waals surface area (Å²) in [4.78, 5) is 28.4. The molecule has 0 bridgehead atoms. The molecule has 2 heterocycles. The van der Waals surface area contributed by atoms with Crippen LogP contribution in [-0.4, -0.2) is 51.0 Å². The number of nitrogens with one attached hydrogen (secondary N) is 1. The molecule has 0 spiro atoms. The highest BCUT2D eigenvalue weighted by atomic mass is 16.5. The Morgan fingerprint density at radius 1 is 1.10 bits per heavy atom. The second-order valence-electron chi connectivity index (χ2n) is 6.81. The molecule has 3 aromatic rings. The molecule has 2 aromatic heterocycles. The molecule has 8 nitrogen and oxygen atoms in total. The lowest BCUT2D eigenvalue weighted by atomic mass is 10.1. The van der Waals surface area contributed by atoms with Crippen molar-refractivity contribution in [3.05, 3.63) is 71.5 Å². The fraction of sp³-hybridized carbons (Fsp3) is 0.217. The van der Waals surface area contributed by atoms with Gasteiger partial charge in [-0.3, -0.25) is 14.5 Å². The number of amides is 1. The first-order chi connectivity index (χ1) is 14.9.